The molecule has 0 radical (unpaired) electrons. The van der Waals surface area contributed by atoms with Crippen molar-refractivity contribution in [1.82, 2.24) is 0 Å². The van der Waals surface area contributed by atoms with Gasteiger partial charge in [0.2, 0.25) is 0 Å². The monoisotopic (exact) mass is 312 g/mol. The maximum absolute atomic E-state index is 3.60. The van der Waals surface area contributed by atoms with Crippen molar-refractivity contribution in [2.45, 2.75) is 39.5 Å². The molecule has 0 saturated carbocycles. The Balaban J connectivity index is -0.0000000300. The fourth-order valence-electron chi connectivity index (χ4n) is 0. The van der Waals surface area contributed by atoms with Gasteiger partial charge in [-0.2, -0.15) is 12.8 Å². The molecule has 0 heterocycles. The molecule has 0 rings (SSSR count). The van der Waals surface area contributed by atoms with Gasteiger partial charge >= 0.3 is 0 Å². The Morgan fingerprint density at radius 3 is 1.00 bits per heavy atom. The molecule has 1 nitrogen and oxygen atoms in total. The van der Waals surface area contributed by atoms with E-state index < -0.39 is 0 Å². The van der Waals surface area contributed by atoms with Gasteiger partial charge in [-0.25, -0.2) is 0 Å². The Bertz CT molecular complexity index is 17.2. The molecule has 0 aromatic rings. The van der Waals surface area contributed by atoms with Crippen LogP contribution in [0.4, 0.5) is 0 Å². The van der Waals surface area contributed by atoms with Crippen LogP contribution < -0.4 is 0 Å². The topological polar surface area (TPSA) is 31.5 Å². The van der Waals surface area contributed by atoms with E-state index in [9.17, 15) is 0 Å². The van der Waals surface area contributed by atoms with Crippen molar-refractivity contribution in [1.29, 1.82) is 0 Å². The minimum absolute atomic E-state index is 0. The molecule has 2 N–H and O–H groups in total. The Morgan fingerprint density at radius 1 is 0.900 bits per heavy atom. The molecule has 0 amide bonds. The second-order valence-corrected chi connectivity index (χ2v) is 1.71. The molecular formula is C8H20HfO-2. The van der Waals surface area contributed by atoms with Gasteiger partial charge in [-0.15, -0.1) is 0 Å². The van der Waals surface area contributed by atoms with E-state index in [-0.39, 0.29) is 31.3 Å². The Labute approximate surface area is 84.7 Å². The van der Waals surface area contributed by atoms with Gasteiger partial charge in [0.15, 0.2) is 0 Å². The van der Waals surface area contributed by atoms with Crippen molar-refractivity contribution in [3.63, 3.8) is 0 Å². The zero-order chi connectivity index (χ0) is 6.83. The summed E-state index contributed by atoms with van der Waals surface area (Å²) in [6, 6.07) is 0. The summed E-state index contributed by atoms with van der Waals surface area (Å²) in [4.78, 5) is 0. The molecule has 0 saturated heterocycles. The molecule has 0 fully saturated rings. The number of rotatable bonds is 2. The SMILES string of the molecule is O.[CH2-]CCC.[CH2-]CCC.[Hf]. The zero-order valence-electron chi connectivity index (χ0n) is 7.24. The first kappa shape index (κ1) is 22.4. The molecule has 0 spiro atoms. The summed E-state index contributed by atoms with van der Waals surface area (Å²) >= 11 is 0. The van der Waals surface area contributed by atoms with E-state index in [1.54, 1.807) is 0 Å². The van der Waals surface area contributed by atoms with Crippen LogP contribution in [-0.2, 0) is 25.8 Å². The second kappa shape index (κ2) is 32.9. The van der Waals surface area contributed by atoms with Crippen LogP contribution in [0.15, 0.2) is 0 Å². The largest absolute Gasteiger partial charge is 0.412 e. The van der Waals surface area contributed by atoms with Crippen molar-refractivity contribution in [3.8, 4) is 0 Å². The van der Waals surface area contributed by atoms with Gasteiger partial charge in [0.1, 0.15) is 0 Å². The molecule has 0 aromatic carbocycles. The van der Waals surface area contributed by atoms with Crippen LogP contribution in [0.1, 0.15) is 39.5 Å². The van der Waals surface area contributed by atoms with E-state index >= 15 is 0 Å². The summed E-state index contributed by atoms with van der Waals surface area (Å²) < 4.78 is 0. The summed E-state index contributed by atoms with van der Waals surface area (Å²) in [5, 5.41) is 0. The van der Waals surface area contributed by atoms with Crippen LogP contribution in [-0.4, -0.2) is 5.48 Å². The van der Waals surface area contributed by atoms with Gasteiger partial charge in [0.05, 0.1) is 0 Å². The Hall–Kier alpha value is 0.830. The summed E-state index contributed by atoms with van der Waals surface area (Å²) in [5.74, 6) is 0. The molecule has 0 aliphatic carbocycles. The van der Waals surface area contributed by atoms with Crippen LogP contribution in [0.3, 0.4) is 0 Å². The molecule has 0 aliphatic rings. The van der Waals surface area contributed by atoms with Crippen molar-refractivity contribution in [2.75, 3.05) is 0 Å². The van der Waals surface area contributed by atoms with Crippen LogP contribution in [0.2, 0.25) is 0 Å². The molecule has 64 valence electrons. The molecule has 0 atom stereocenters. The van der Waals surface area contributed by atoms with Gasteiger partial charge in [-0.3, -0.25) is 0 Å². The smallest absolute Gasteiger partial charge is 0 e. The quantitative estimate of drug-likeness (QED) is 0.554. The summed E-state index contributed by atoms with van der Waals surface area (Å²) in [5.41, 5.74) is 0. The number of hydrogen-bond acceptors (Lipinski definition) is 0. The molecule has 0 aliphatic heterocycles. The van der Waals surface area contributed by atoms with Gasteiger partial charge in [-0.1, -0.05) is 26.7 Å². The molecule has 0 bridgehead atoms. The van der Waals surface area contributed by atoms with Gasteiger partial charge in [-0.05, 0) is 0 Å². The third-order valence-electron chi connectivity index (χ3n) is 0.707. The van der Waals surface area contributed by atoms with Crippen molar-refractivity contribution in [2.24, 2.45) is 0 Å². The second-order valence-electron chi connectivity index (χ2n) is 1.71. The first-order valence-electron chi connectivity index (χ1n) is 3.41. The Morgan fingerprint density at radius 2 is 1.00 bits per heavy atom. The van der Waals surface area contributed by atoms with E-state index in [0.717, 1.165) is 12.8 Å². The average Bonchev–Trinajstić information content (AvgIpc) is 1.88. The summed E-state index contributed by atoms with van der Waals surface area (Å²) in [7, 11) is 0. The van der Waals surface area contributed by atoms with Gasteiger partial charge < -0.3 is 19.3 Å². The average molecular weight is 311 g/mol. The molecule has 0 unspecified atom stereocenters. The van der Waals surface area contributed by atoms with Gasteiger partial charge in [0, 0.05) is 25.8 Å². The van der Waals surface area contributed by atoms with Crippen molar-refractivity contribution >= 4 is 0 Å². The molecular weight excluding hydrogens is 291 g/mol. The van der Waals surface area contributed by atoms with E-state index in [4.69, 9.17) is 0 Å². The van der Waals surface area contributed by atoms with Crippen molar-refractivity contribution < 1.29 is 31.3 Å². The van der Waals surface area contributed by atoms with E-state index in [1.807, 2.05) is 0 Å². The van der Waals surface area contributed by atoms with Crippen LogP contribution in [0.5, 0.6) is 0 Å². The standard InChI is InChI=1S/2C4H9.Hf.H2O/c2*1-3-4-2;;/h2*1,3-4H2,2H3;;1H2/q2*-1;;. The first-order chi connectivity index (χ1) is 3.83. The van der Waals surface area contributed by atoms with E-state index in [2.05, 4.69) is 27.7 Å². The minimum atomic E-state index is 0. The fraction of sp³-hybridized carbons (Fsp3) is 0.750. The normalized spacial score (nSPS) is 6.00. The minimum Gasteiger partial charge on any atom is -0.412 e. The zero-order valence-corrected chi connectivity index (χ0v) is 10.8. The van der Waals surface area contributed by atoms with Crippen LogP contribution in [0, 0.1) is 13.8 Å². The maximum Gasteiger partial charge on any atom is 0 e. The van der Waals surface area contributed by atoms with Gasteiger partial charge in [0.25, 0.3) is 0 Å². The molecule has 10 heavy (non-hydrogen) atoms. The predicted octanol–water partition coefficient (Wildman–Crippen LogP) is 2.41. The van der Waals surface area contributed by atoms with Crippen molar-refractivity contribution in [3.05, 3.63) is 13.8 Å². The number of hydrogen-bond donors (Lipinski definition) is 0. The molecule has 0 aromatic heterocycles. The fourth-order valence-corrected chi connectivity index (χ4v) is 0. The summed E-state index contributed by atoms with van der Waals surface area (Å²) in [6.07, 6.45) is 4.56. The Kier molecular flexibility index (Phi) is 73.7. The van der Waals surface area contributed by atoms with Crippen LogP contribution in [0.25, 0.3) is 0 Å². The molecule has 2 heteroatoms. The summed E-state index contributed by atoms with van der Waals surface area (Å²) in [6.45, 7) is 11.4. The third-order valence-corrected chi connectivity index (χ3v) is 0.707. The first-order valence-corrected chi connectivity index (χ1v) is 3.41. The predicted molar refractivity (Wildman–Crippen MR) is 44.1 cm³/mol. The van der Waals surface area contributed by atoms with Crippen LogP contribution >= 0.6 is 0 Å². The maximum atomic E-state index is 3.60. The third kappa shape index (κ3) is 67.6. The van der Waals surface area contributed by atoms with E-state index in [0.29, 0.717) is 0 Å². The van der Waals surface area contributed by atoms with E-state index in [1.165, 1.54) is 12.8 Å². The number of unbranched alkanes of at least 4 members (excludes halogenated alkanes) is 2.